The van der Waals surface area contributed by atoms with Gasteiger partial charge in [0.05, 0.1) is 5.75 Å². The molecule has 0 saturated carbocycles. The van der Waals surface area contributed by atoms with Crippen molar-refractivity contribution in [1.82, 2.24) is 14.8 Å². The van der Waals surface area contributed by atoms with Crippen LogP contribution in [-0.4, -0.2) is 32.3 Å². The van der Waals surface area contributed by atoms with Gasteiger partial charge in [-0.1, -0.05) is 29.5 Å². The van der Waals surface area contributed by atoms with E-state index in [-0.39, 0.29) is 17.6 Å². The molecule has 0 radical (unpaired) electrons. The van der Waals surface area contributed by atoms with Crippen LogP contribution in [0.5, 0.6) is 0 Å². The number of nitrogens with zero attached hydrogens (tertiary/aromatic N) is 3. The number of aromatic nitrogens is 3. The molecule has 0 spiro atoms. The molecule has 138 valence electrons. The second-order valence-electron chi connectivity index (χ2n) is 5.96. The number of carbonyl (C=O) groups is 2. The van der Waals surface area contributed by atoms with Gasteiger partial charge in [-0.2, -0.15) is 0 Å². The highest BCUT2D eigenvalue weighted by Gasteiger charge is 2.09. The number of rotatable bonds is 6. The number of nitrogens with one attached hydrogen (secondary N) is 2. The van der Waals surface area contributed by atoms with Crippen LogP contribution in [0.2, 0.25) is 0 Å². The number of anilines is 2. The van der Waals surface area contributed by atoms with Crippen molar-refractivity contribution < 1.29 is 9.59 Å². The molecule has 0 fully saturated rings. The van der Waals surface area contributed by atoms with E-state index in [0.29, 0.717) is 16.4 Å². The van der Waals surface area contributed by atoms with Crippen LogP contribution in [0.25, 0.3) is 0 Å². The summed E-state index contributed by atoms with van der Waals surface area (Å²) in [7, 11) is 1.82. The minimum absolute atomic E-state index is 0.153. The summed E-state index contributed by atoms with van der Waals surface area (Å²) in [5.41, 5.74) is 3.02. The summed E-state index contributed by atoms with van der Waals surface area (Å²) in [4.78, 5) is 24.3. The summed E-state index contributed by atoms with van der Waals surface area (Å²) in [5, 5.41) is 14.0. The van der Waals surface area contributed by atoms with Gasteiger partial charge in [-0.25, -0.2) is 0 Å². The highest BCUT2D eigenvalue weighted by molar-refractivity contribution is 7.99. The average molecular weight is 381 g/mol. The molecule has 0 atom stereocenters. The van der Waals surface area contributed by atoms with E-state index in [9.17, 15) is 9.59 Å². The summed E-state index contributed by atoms with van der Waals surface area (Å²) in [6, 6.07) is 14.3. The molecule has 7 nitrogen and oxygen atoms in total. The fourth-order valence-electron chi connectivity index (χ4n) is 2.28. The van der Waals surface area contributed by atoms with Crippen LogP contribution in [0.3, 0.4) is 0 Å². The smallest absolute Gasteiger partial charge is 0.255 e. The van der Waals surface area contributed by atoms with E-state index in [2.05, 4.69) is 20.8 Å². The Hall–Kier alpha value is -3.13. The molecular weight excluding hydrogens is 362 g/mol. The first kappa shape index (κ1) is 18.7. The lowest BCUT2D eigenvalue weighted by molar-refractivity contribution is -0.113. The van der Waals surface area contributed by atoms with Crippen molar-refractivity contribution in [3.63, 3.8) is 0 Å². The first-order valence-corrected chi connectivity index (χ1v) is 9.24. The van der Waals surface area contributed by atoms with Crippen LogP contribution in [0.15, 0.2) is 60.0 Å². The number of hydrogen-bond donors (Lipinski definition) is 2. The first-order chi connectivity index (χ1) is 13.0. The molecule has 0 saturated heterocycles. The van der Waals surface area contributed by atoms with Gasteiger partial charge in [-0.15, -0.1) is 10.2 Å². The quantitative estimate of drug-likeness (QED) is 0.641. The zero-order valence-corrected chi connectivity index (χ0v) is 15.8. The fraction of sp³-hybridized carbons (Fsp3) is 0.158. The van der Waals surface area contributed by atoms with Gasteiger partial charge in [-0.3, -0.25) is 9.59 Å². The Bertz CT molecular complexity index is 935. The van der Waals surface area contributed by atoms with Gasteiger partial charge in [0, 0.05) is 24.0 Å². The number of thioether (sulfide) groups is 1. The predicted octanol–water partition coefficient (Wildman–Crippen LogP) is 3.11. The van der Waals surface area contributed by atoms with Crippen molar-refractivity contribution in [1.29, 1.82) is 0 Å². The largest absolute Gasteiger partial charge is 0.325 e. The Morgan fingerprint density at radius 2 is 1.63 bits per heavy atom. The second-order valence-corrected chi connectivity index (χ2v) is 6.90. The van der Waals surface area contributed by atoms with Crippen LogP contribution < -0.4 is 10.6 Å². The summed E-state index contributed by atoms with van der Waals surface area (Å²) < 4.78 is 1.75. The van der Waals surface area contributed by atoms with Crippen molar-refractivity contribution in [2.24, 2.45) is 7.05 Å². The van der Waals surface area contributed by atoms with Crippen molar-refractivity contribution in [2.75, 3.05) is 16.4 Å². The minimum atomic E-state index is -0.199. The van der Waals surface area contributed by atoms with E-state index in [0.717, 1.165) is 11.3 Å². The molecule has 1 heterocycles. The lowest BCUT2D eigenvalue weighted by atomic mass is 10.1. The van der Waals surface area contributed by atoms with Crippen LogP contribution in [-0.2, 0) is 11.8 Å². The Kier molecular flexibility index (Phi) is 5.87. The Morgan fingerprint density at radius 1 is 1.00 bits per heavy atom. The summed E-state index contributed by atoms with van der Waals surface area (Å²) in [6.45, 7) is 1.99. The van der Waals surface area contributed by atoms with Gasteiger partial charge in [-0.05, 0) is 43.3 Å². The van der Waals surface area contributed by atoms with E-state index >= 15 is 0 Å². The highest BCUT2D eigenvalue weighted by atomic mass is 32.2. The third-order valence-corrected chi connectivity index (χ3v) is 4.78. The lowest BCUT2D eigenvalue weighted by Crippen LogP contribution is -2.15. The number of carbonyl (C=O) groups excluding carboxylic acids is 2. The van der Waals surface area contributed by atoms with Crippen molar-refractivity contribution in [2.45, 2.75) is 12.1 Å². The monoisotopic (exact) mass is 381 g/mol. The molecule has 0 aliphatic rings. The van der Waals surface area contributed by atoms with Crippen LogP contribution >= 0.6 is 11.8 Å². The van der Waals surface area contributed by atoms with Gasteiger partial charge in [0.25, 0.3) is 5.91 Å². The van der Waals surface area contributed by atoms with Gasteiger partial charge in [0.2, 0.25) is 5.91 Å². The lowest BCUT2D eigenvalue weighted by Gasteiger charge is -2.08. The van der Waals surface area contributed by atoms with Gasteiger partial charge in [0.15, 0.2) is 5.16 Å². The maximum absolute atomic E-state index is 12.3. The highest BCUT2D eigenvalue weighted by Crippen LogP contribution is 2.16. The Balaban J connectivity index is 1.53. The summed E-state index contributed by atoms with van der Waals surface area (Å²) >= 11 is 1.30. The van der Waals surface area contributed by atoms with Gasteiger partial charge in [0.1, 0.15) is 6.33 Å². The molecule has 2 N–H and O–H groups in total. The van der Waals surface area contributed by atoms with Crippen LogP contribution in [0.4, 0.5) is 11.4 Å². The normalized spacial score (nSPS) is 10.4. The maximum Gasteiger partial charge on any atom is 0.255 e. The zero-order chi connectivity index (χ0) is 19.2. The molecule has 0 aliphatic carbocycles. The third kappa shape index (κ3) is 5.18. The predicted molar refractivity (Wildman–Crippen MR) is 106 cm³/mol. The minimum Gasteiger partial charge on any atom is -0.325 e. The van der Waals surface area contributed by atoms with Gasteiger partial charge >= 0.3 is 0 Å². The SMILES string of the molecule is Cc1ccc(NC(=O)c2ccc(NC(=O)CSc3nncn3C)cc2)cc1. The number of amides is 2. The van der Waals surface area contributed by atoms with E-state index in [1.165, 1.54) is 11.8 Å². The standard InChI is InChI=1S/C19H19N5O2S/c1-13-3-7-16(8-4-13)22-18(26)14-5-9-15(10-6-14)21-17(25)11-27-19-23-20-12-24(19)2/h3-10,12H,11H2,1-2H3,(H,21,25)(H,22,26). The average Bonchev–Trinajstić information content (AvgIpc) is 3.07. The molecule has 27 heavy (non-hydrogen) atoms. The topological polar surface area (TPSA) is 88.9 Å². The summed E-state index contributed by atoms with van der Waals surface area (Å²) in [5.74, 6) is -0.128. The third-order valence-electron chi connectivity index (χ3n) is 3.74. The van der Waals surface area contributed by atoms with Crippen LogP contribution in [0.1, 0.15) is 15.9 Å². The van der Waals surface area contributed by atoms with E-state index in [1.54, 1.807) is 35.2 Å². The molecule has 8 heteroatoms. The molecule has 2 amide bonds. The Morgan fingerprint density at radius 3 is 2.26 bits per heavy atom. The molecule has 0 unspecified atom stereocenters. The number of benzene rings is 2. The molecule has 3 rings (SSSR count). The summed E-state index contributed by atoms with van der Waals surface area (Å²) in [6.07, 6.45) is 1.58. The van der Waals surface area contributed by atoms with Crippen molar-refractivity contribution in [3.05, 3.63) is 66.0 Å². The second kappa shape index (κ2) is 8.50. The maximum atomic E-state index is 12.3. The molecule has 1 aromatic heterocycles. The molecular formula is C19H19N5O2S. The zero-order valence-electron chi connectivity index (χ0n) is 15.0. The van der Waals surface area contributed by atoms with E-state index < -0.39 is 0 Å². The van der Waals surface area contributed by atoms with Crippen molar-refractivity contribution >= 4 is 35.0 Å². The van der Waals surface area contributed by atoms with E-state index in [1.807, 2.05) is 38.2 Å². The van der Waals surface area contributed by atoms with Gasteiger partial charge < -0.3 is 15.2 Å². The number of aryl methyl sites for hydroxylation is 2. The molecule has 3 aromatic rings. The molecule has 0 bridgehead atoms. The molecule has 0 aliphatic heterocycles. The van der Waals surface area contributed by atoms with Crippen LogP contribution in [0, 0.1) is 6.92 Å². The van der Waals surface area contributed by atoms with E-state index in [4.69, 9.17) is 0 Å². The number of hydrogen-bond acceptors (Lipinski definition) is 5. The molecule has 2 aromatic carbocycles. The fourth-order valence-corrected chi connectivity index (χ4v) is 2.96. The first-order valence-electron chi connectivity index (χ1n) is 8.26. The van der Waals surface area contributed by atoms with Crippen molar-refractivity contribution in [3.8, 4) is 0 Å². The Labute approximate surface area is 161 Å².